The quantitative estimate of drug-likeness (QED) is 0.746. The third-order valence-electron chi connectivity index (χ3n) is 5.07. The molecule has 132 valence electrons. The minimum atomic E-state index is -0.991. The van der Waals surface area contributed by atoms with Gasteiger partial charge in [-0.3, -0.25) is 0 Å². The van der Waals surface area contributed by atoms with Gasteiger partial charge in [0.15, 0.2) is 5.65 Å². The van der Waals surface area contributed by atoms with E-state index in [4.69, 9.17) is 0 Å². The van der Waals surface area contributed by atoms with Gasteiger partial charge in [0.1, 0.15) is 5.56 Å². The topological polar surface area (TPSA) is 67.5 Å². The van der Waals surface area contributed by atoms with Gasteiger partial charge in [-0.15, -0.1) is 0 Å². The molecule has 1 saturated carbocycles. The van der Waals surface area contributed by atoms with Gasteiger partial charge in [0, 0.05) is 17.7 Å². The van der Waals surface area contributed by atoms with Gasteiger partial charge in [-0.2, -0.15) is 5.10 Å². The maximum absolute atomic E-state index is 11.5. The van der Waals surface area contributed by atoms with Crippen LogP contribution in [-0.4, -0.2) is 25.7 Å². The van der Waals surface area contributed by atoms with E-state index < -0.39 is 5.97 Å². The summed E-state index contributed by atoms with van der Waals surface area (Å²) in [6.45, 7) is 0. The highest BCUT2D eigenvalue weighted by Gasteiger charge is 2.24. The van der Waals surface area contributed by atoms with Gasteiger partial charge in [-0.25, -0.2) is 14.3 Å². The highest BCUT2D eigenvalue weighted by Crippen LogP contribution is 2.35. The molecule has 3 aromatic rings. The average Bonchev–Trinajstić information content (AvgIpc) is 3.12. The largest absolute Gasteiger partial charge is 0.477 e. The van der Waals surface area contributed by atoms with Crippen molar-refractivity contribution in [1.82, 2.24) is 14.6 Å². The van der Waals surface area contributed by atoms with Crippen molar-refractivity contribution in [2.24, 2.45) is 0 Å². The molecule has 1 aliphatic carbocycles. The van der Waals surface area contributed by atoms with Crippen molar-refractivity contribution in [3.63, 3.8) is 0 Å². The van der Waals surface area contributed by atoms with Gasteiger partial charge < -0.3 is 5.11 Å². The standard InChI is InChI=1S/C21H21N3O2/c25-21(26)18-14-23-24-19(16-9-5-2-6-10-16)17(13-22-20(18)24)12-11-15-7-3-1-4-8-15/h1,3-4,7-8,11-14,16H,2,5-6,9-10H2,(H,25,26). The third-order valence-corrected chi connectivity index (χ3v) is 5.07. The molecule has 0 radical (unpaired) electrons. The normalized spacial score (nSPS) is 15.7. The summed E-state index contributed by atoms with van der Waals surface area (Å²) >= 11 is 0. The second-order valence-electron chi connectivity index (χ2n) is 6.78. The summed E-state index contributed by atoms with van der Waals surface area (Å²) in [5, 5.41) is 13.8. The average molecular weight is 347 g/mol. The molecule has 0 amide bonds. The summed E-state index contributed by atoms with van der Waals surface area (Å²) in [7, 11) is 0. The van der Waals surface area contributed by atoms with E-state index in [1.807, 2.05) is 18.2 Å². The van der Waals surface area contributed by atoms with Crippen LogP contribution in [0.15, 0.2) is 42.7 Å². The lowest BCUT2D eigenvalue weighted by Crippen LogP contribution is -2.13. The Bertz CT molecular complexity index is 954. The van der Waals surface area contributed by atoms with Crippen LogP contribution in [0, 0.1) is 0 Å². The SMILES string of the molecule is O=C(O)c1cnn2c(C3CCCCC3)c(C=Cc3ccccc3)cnc12. The minimum Gasteiger partial charge on any atom is -0.477 e. The van der Waals surface area contributed by atoms with Crippen LogP contribution in [0.2, 0.25) is 0 Å². The van der Waals surface area contributed by atoms with Gasteiger partial charge in [-0.05, 0) is 18.4 Å². The van der Waals surface area contributed by atoms with E-state index in [-0.39, 0.29) is 5.56 Å². The predicted molar refractivity (Wildman–Crippen MR) is 101 cm³/mol. The third kappa shape index (κ3) is 3.12. The van der Waals surface area contributed by atoms with Gasteiger partial charge >= 0.3 is 5.97 Å². The van der Waals surface area contributed by atoms with Crippen LogP contribution in [0.4, 0.5) is 0 Å². The zero-order valence-corrected chi connectivity index (χ0v) is 14.5. The van der Waals surface area contributed by atoms with Crippen molar-refractivity contribution in [2.75, 3.05) is 0 Å². The van der Waals surface area contributed by atoms with Gasteiger partial charge in [0.25, 0.3) is 0 Å². The fourth-order valence-electron chi connectivity index (χ4n) is 3.78. The van der Waals surface area contributed by atoms with E-state index in [0.717, 1.165) is 29.7 Å². The summed E-state index contributed by atoms with van der Waals surface area (Å²) < 4.78 is 1.74. The molecule has 4 rings (SSSR count). The molecule has 0 atom stereocenters. The van der Waals surface area contributed by atoms with Crippen LogP contribution in [0.3, 0.4) is 0 Å². The highest BCUT2D eigenvalue weighted by atomic mass is 16.4. The molecule has 0 unspecified atom stereocenters. The van der Waals surface area contributed by atoms with Crippen LogP contribution in [0.25, 0.3) is 17.8 Å². The van der Waals surface area contributed by atoms with Crippen LogP contribution >= 0.6 is 0 Å². The Labute approximate surface area is 152 Å². The number of carboxylic acids is 1. The second-order valence-corrected chi connectivity index (χ2v) is 6.78. The first kappa shape index (κ1) is 16.5. The van der Waals surface area contributed by atoms with E-state index >= 15 is 0 Å². The van der Waals surface area contributed by atoms with Gasteiger partial charge in [-0.1, -0.05) is 61.7 Å². The Morgan fingerprint density at radius 3 is 2.58 bits per heavy atom. The predicted octanol–water partition coefficient (Wildman–Crippen LogP) is 4.65. The summed E-state index contributed by atoms with van der Waals surface area (Å²) in [6, 6.07) is 10.1. The van der Waals surface area contributed by atoms with Crippen LogP contribution < -0.4 is 0 Å². The Kier molecular flexibility index (Phi) is 4.52. The lowest BCUT2D eigenvalue weighted by atomic mass is 9.85. The molecule has 2 heterocycles. The van der Waals surface area contributed by atoms with E-state index in [1.54, 1.807) is 10.7 Å². The summed E-state index contributed by atoms with van der Waals surface area (Å²) in [5.41, 5.74) is 3.78. The first-order chi connectivity index (χ1) is 12.7. The molecule has 1 N–H and O–H groups in total. The first-order valence-electron chi connectivity index (χ1n) is 9.07. The monoisotopic (exact) mass is 347 g/mol. The van der Waals surface area contributed by atoms with Gasteiger partial charge in [0.05, 0.1) is 11.9 Å². The fraction of sp³-hybridized carbons (Fsp3) is 0.286. The molecule has 0 saturated heterocycles. The van der Waals surface area contributed by atoms with Crippen molar-refractivity contribution < 1.29 is 9.90 Å². The minimum absolute atomic E-state index is 0.153. The second kappa shape index (κ2) is 7.12. The molecule has 26 heavy (non-hydrogen) atoms. The van der Waals surface area contributed by atoms with E-state index in [9.17, 15) is 9.90 Å². The molecule has 5 heteroatoms. The number of nitrogens with zero attached hydrogens (tertiary/aromatic N) is 3. The molecule has 5 nitrogen and oxygen atoms in total. The van der Waals surface area contributed by atoms with E-state index in [2.05, 4.69) is 34.4 Å². The number of hydrogen-bond acceptors (Lipinski definition) is 3. The van der Waals surface area contributed by atoms with Crippen molar-refractivity contribution in [2.45, 2.75) is 38.0 Å². The Morgan fingerprint density at radius 1 is 1.08 bits per heavy atom. The number of aromatic nitrogens is 3. The molecule has 0 aliphatic heterocycles. The van der Waals surface area contributed by atoms with Crippen molar-refractivity contribution in [3.8, 4) is 0 Å². The van der Waals surface area contributed by atoms with Crippen molar-refractivity contribution >= 4 is 23.8 Å². The van der Waals surface area contributed by atoms with E-state index in [0.29, 0.717) is 11.6 Å². The molecule has 0 spiro atoms. The molecular weight excluding hydrogens is 326 g/mol. The fourth-order valence-corrected chi connectivity index (χ4v) is 3.78. The Hall–Kier alpha value is -2.95. The summed E-state index contributed by atoms with van der Waals surface area (Å²) in [4.78, 5) is 15.9. The summed E-state index contributed by atoms with van der Waals surface area (Å²) in [6.07, 6.45) is 13.2. The Morgan fingerprint density at radius 2 is 1.85 bits per heavy atom. The Balaban J connectivity index is 1.83. The maximum atomic E-state index is 11.5. The molecule has 2 aromatic heterocycles. The number of aromatic carboxylic acids is 1. The lowest BCUT2D eigenvalue weighted by Gasteiger charge is -2.24. The highest BCUT2D eigenvalue weighted by molar-refractivity contribution is 5.94. The zero-order valence-electron chi connectivity index (χ0n) is 14.5. The van der Waals surface area contributed by atoms with E-state index in [1.165, 1.54) is 25.5 Å². The number of carboxylic acid groups (broad SMARTS) is 1. The summed E-state index contributed by atoms with van der Waals surface area (Å²) in [5.74, 6) is -0.610. The van der Waals surface area contributed by atoms with Crippen molar-refractivity contribution in [3.05, 3.63) is 65.1 Å². The lowest BCUT2D eigenvalue weighted by molar-refractivity contribution is 0.0698. The first-order valence-corrected chi connectivity index (χ1v) is 9.07. The van der Waals surface area contributed by atoms with Crippen LogP contribution in [-0.2, 0) is 0 Å². The van der Waals surface area contributed by atoms with Crippen LogP contribution in [0.1, 0.15) is 65.2 Å². The van der Waals surface area contributed by atoms with Gasteiger partial charge in [0.2, 0.25) is 0 Å². The molecule has 1 aromatic carbocycles. The molecule has 1 aliphatic rings. The maximum Gasteiger partial charge on any atom is 0.341 e. The van der Waals surface area contributed by atoms with Crippen molar-refractivity contribution in [1.29, 1.82) is 0 Å². The number of rotatable bonds is 4. The number of benzene rings is 1. The number of hydrogen-bond donors (Lipinski definition) is 1. The zero-order chi connectivity index (χ0) is 17.9. The molecular formula is C21H21N3O2. The smallest absolute Gasteiger partial charge is 0.341 e. The molecule has 0 bridgehead atoms. The number of carbonyl (C=O) groups is 1. The van der Waals surface area contributed by atoms with Crippen LogP contribution in [0.5, 0.6) is 0 Å². The number of fused-ring (bicyclic) bond motifs is 1. The molecule has 1 fully saturated rings.